The lowest BCUT2D eigenvalue weighted by Crippen LogP contribution is -2.42. The zero-order valence-electron chi connectivity index (χ0n) is 19.8. The Labute approximate surface area is 211 Å². The van der Waals surface area contributed by atoms with E-state index in [1.807, 2.05) is 54.7 Å². The molecule has 2 aliphatic rings. The molecule has 0 spiro atoms. The van der Waals surface area contributed by atoms with Crippen LogP contribution in [0.1, 0.15) is 30.1 Å². The number of benzene rings is 2. The van der Waals surface area contributed by atoms with E-state index in [-0.39, 0.29) is 11.7 Å². The van der Waals surface area contributed by atoms with E-state index in [1.54, 1.807) is 12.1 Å². The average Bonchev–Trinajstić information content (AvgIpc) is 3.38. The fourth-order valence-electron chi connectivity index (χ4n) is 4.67. The van der Waals surface area contributed by atoms with Gasteiger partial charge >= 0.3 is 0 Å². The van der Waals surface area contributed by atoms with Gasteiger partial charge in [-0.05, 0) is 41.8 Å². The van der Waals surface area contributed by atoms with E-state index in [2.05, 4.69) is 20.3 Å². The molecule has 7 nitrogen and oxygen atoms in total. The molecule has 1 saturated carbocycles. The average molecular weight is 503 g/mol. The van der Waals surface area contributed by atoms with Gasteiger partial charge in [-0.2, -0.15) is 0 Å². The number of anilines is 1. The first kappa shape index (κ1) is 23.1. The Bertz CT molecular complexity index is 1430. The zero-order valence-corrected chi connectivity index (χ0v) is 19.8. The predicted octanol–water partition coefficient (Wildman–Crippen LogP) is 5.97. The van der Waals surface area contributed by atoms with Gasteiger partial charge in [0.05, 0.1) is 24.4 Å². The molecule has 0 radical (unpaired) electrons. The van der Waals surface area contributed by atoms with E-state index in [1.165, 1.54) is 6.20 Å². The number of nitrogens with one attached hydrogen (secondary N) is 2. The second-order valence-electron chi connectivity index (χ2n) is 9.46. The first-order chi connectivity index (χ1) is 17.9. The minimum Gasteiger partial charge on any atom is -0.493 e. The Hall–Kier alpha value is -4.27. The van der Waals surface area contributed by atoms with Crippen LogP contribution < -0.4 is 14.8 Å². The number of aromatic nitrogens is 3. The van der Waals surface area contributed by atoms with E-state index in [0.29, 0.717) is 18.1 Å². The highest BCUT2D eigenvalue weighted by Gasteiger charge is 2.48. The molecule has 2 aromatic heterocycles. The van der Waals surface area contributed by atoms with Gasteiger partial charge in [0.1, 0.15) is 28.9 Å². The number of pyridine rings is 1. The SMILES string of the molecule is O=C(Nc1cc(Oc2ccc3c(c2)CC(c2ncc(-c4ccccc4)[nH]2)CO3)ccn1)C1CC(F)(F)C1. The predicted molar refractivity (Wildman–Crippen MR) is 133 cm³/mol. The van der Waals surface area contributed by atoms with Crippen LogP contribution in [0.25, 0.3) is 11.3 Å². The molecule has 1 aliphatic carbocycles. The highest BCUT2D eigenvalue weighted by Crippen LogP contribution is 2.43. The van der Waals surface area contributed by atoms with Crippen LogP contribution in [-0.2, 0) is 11.2 Å². The van der Waals surface area contributed by atoms with Gasteiger partial charge in [-0.3, -0.25) is 4.79 Å². The third-order valence-corrected chi connectivity index (χ3v) is 6.68. The summed E-state index contributed by atoms with van der Waals surface area (Å²) in [5.41, 5.74) is 3.04. The molecular weight excluding hydrogens is 478 g/mol. The molecule has 188 valence electrons. The lowest BCUT2D eigenvalue weighted by molar-refractivity contribution is -0.145. The van der Waals surface area contributed by atoms with Crippen molar-refractivity contribution < 1.29 is 23.0 Å². The Balaban J connectivity index is 1.13. The number of carbonyl (C=O) groups is 1. The Morgan fingerprint density at radius 2 is 1.86 bits per heavy atom. The minimum absolute atomic E-state index is 0.0711. The number of rotatable bonds is 6. The standard InChI is InChI=1S/C28H24F2N4O3/c29-28(30)13-20(14-28)27(35)34-25-12-22(8-9-31-25)37-21-6-7-24-18(11-21)10-19(16-36-24)26-32-15-23(33-26)17-4-2-1-3-5-17/h1-9,11-12,15,19-20H,10,13-14,16H2,(H,32,33)(H,31,34,35). The summed E-state index contributed by atoms with van der Waals surface area (Å²) in [7, 11) is 0. The molecule has 3 heterocycles. The summed E-state index contributed by atoms with van der Waals surface area (Å²) >= 11 is 0. The molecule has 0 bridgehead atoms. The first-order valence-corrected chi connectivity index (χ1v) is 12.1. The van der Waals surface area contributed by atoms with Crippen LogP contribution >= 0.6 is 0 Å². The van der Waals surface area contributed by atoms with Crippen molar-refractivity contribution in [1.82, 2.24) is 15.0 Å². The molecule has 2 aromatic carbocycles. The fraction of sp³-hybridized carbons (Fsp3) is 0.250. The molecule has 37 heavy (non-hydrogen) atoms. The molecule has 9 heteroatoms. The van der Waals surface area contributed by atoms with E-state index in [0.717, 1.165) is 34.8 Å². The van der Waals surface area contributed by atoms with Crippen LogP contribution in [0.2, 0.25) is 0 Å². The summed E-state index contributed by atoms with van der Waals surface area (Å²) in [4.78, 5) is 24.3. The van der Waals surface area contributed by atoms with Crippen molar-refractivity contribution >= 4 is 11.7 Å². The third kappa shape index (κ3) is 5.02. The van der Waals surface area contributed by atoms with Crippen LogP contribution in [0.5, 0.6) is 17.2 Å². The van der Waals surface area contributed by atoms with Crippen LogP contribution in [0, 0.1) is 5.92 Å². The van der Waals surface area contributed by atoms with Crippen molar-refractivity contribution in [3.63, 3.8) is 0 Å². The normalized spacial score (nSPS) is 18.3. The van der Waals surface area contributed by atoms with Crippen molar-refractivity contribution in [2.24, 2.45) is 5.92 Å². The van der Waals surface area contributed by atoms with E-state index in [4.69, 9.17) is 9.47 Å². The van der Waals surface area contributed by atoms with E-state index in [9.17, 15) is 13.6 Å². The number of alkyl halides is 2. The van der Waals surface area contributed by atoms with Crippen LogP contribution in [0.15, 0.2) is 73.1 Å². The van der Waals surface area contributed by atoms with Gasteiger partial charge in [0.15, 0.2) is 0 Å². The lowest BCUT2D eigenvalue weighted by Gasteiger charge is -2.33. The molecule has 1 atom stereocenters. The van der Waals surface area contributed by atoms with Crippen LogP contribution in [0.4, 0.5) is 14.6 Å². The molecule has 6 rings (SSSR count). The number of ether oxygens (including phenoxy) is 2. The summed E-state index contributed by atoms with van der Waals surface area (Å²) in [6.07, 6.45) is 3.21. The van der Waals surface area contributed by atoms with Gasteiger partial charge in [0.2, 0.25) is 11.8 Å². The number of hydrogen-bond acceptors (Lipinski definition) is 5. The van der Waals surface area contributed by atoms with Crippen LogP contribution in [-0.4, -0.2) is 33.4 Å². The van der Waals surface area contributed by atoms with Gasteiger partial charge in [-0.15, -0.1) is 0 Å². The minimum atomic E-state index is -2.75. The topological polar surface area (TPSA) is 89.1 Å². The lowest BCUT2D eigenvalue weighted by atomic mass is 9.81. The number of fused-ring (bicyclic) bond motifs is 1. The van der Waals surface area contributed by atoms with Crippen molar-refractivity contribution in [2.45, 2.75) is 31.1 Å². The van der Waals surface area contributed by atoms with Crippen molar-refractivity contribution in [3.05, 3.63) is 84.4 Å². The van der Waals surface area contributed by atoms with Gasteiger partial charge in [0.25, 0.3) is 0 Å². The highest BCUT2D eigenvalue weighted by atomic mass is 19.3. The summed E-state index contributed by atoms with van der Waals surface area (Å²) in [6, 6.07) is 18.9. The summed E-state index contributed by atoms with van der Waals surface area (Å²) < 4.78 is 38.2. The zero-order chi connectivity index (χ0) is 25.4. The van der Waals surface area contributed by atoms with Crippen molar-refractivity contribution in [2.75, 3.05) is 11.9 Å². The Kier molecular flexibility index (Phi) is 5.82. The van der Waals surface area contributed by atoms with Gasteiger partial charge in [0, 0.05) is 31.0 Å². The summed E-state index contributed by atoms with van der Waals surface area (Å²) in [5.74, 6) is -0.836. The molecule has 0 saturated heterocycles. The number of imidazole rings is 1. The number of aromatic amines is 1. The van der Waals surface area contributed by atoms with E-state index >= 15 is 0 Å². The van der Waals surface area contributed by atoms with Gasteiger partial charge in [-0.25, -0.2) is 18.7 Å². The molecular formula is C28H24F2N4O3. The summed E-state index contributed by atoms with van der Waals surface area (Å²) in [5, 5.41) is 2.60. The maximum absolute atomic E-state index is 13.1. The molecule has 1 unspecified atom stereocenters. The monoisotopic (exact) mass is 502 g/mol. The number of H-pyrrole nitrogens is 1. The maximum atomic E-state index is 13.1. The largest absolute Gasteiger partial charge is 0.493 e. The number of nitrogens with zero attached hydrogens (tertiary/aromatic N) is 2. The first-order valence-electron chi connectivity index (χ1n) is 12.1. The van der Waals surface area contributed by atoms with Gasteiger partial charge < -0.3 is 19.8 Å². The van der Waals surface area contributed by atoms with Crippen molar-refractivity contribution in [3.8, 4) is 28.5 Å². The summed E-state index contributed by atoms with van der Waals surface area (Å²) in [6.45, 7) is 0.523. The smallest absolute Gasteiger partial charge is 0.249 e. The molecule has 2 N–H and O–H groups in total. The van der Waals surface area contributed by atoms with Crippen LogP contribution in [0.3, 0.4) is 0 Å². The maximum Gasteiger partial charge on any atom is 0.249 e. The van der Waals surface area contributed by atoms with Crippen molar-refractivity contribution in [1.29, 1.82) is 0 Å². The number of carbonyl (C=O) groups excluding carboxylic acids is 1. The fourth-order valence-corrected chi connectivity index (χ4v) is 4.67. The highest BCUT2D eigenvalue weighted by molar-refractivity contribution is 5.92. The third-order valence-electron chi connectivity index (χ3n) is 6.68. The Morgan fingerprint density at radius 1 is 1.05 bits per heavy atom. The Morgan fingerprint density at radius 3 is 2.68 bits per heavy atom. The molecule has 4 aromatic rings. The second-order valence-corrected chi connectivity index (χ2v) is 9.46. The number of amides is 1. The molecule has 1 aliphatic heterocycles. The quantitative estimate of drug-likeness (QED) is 0.339. The van der Waals surface area contributed by atoms with Gasteiger partial charge in [-0.1, -0.05) is 30.3 Å². The van der Waals surface area contributed by atoms with E-state index < -0.39 is 30.6 Å². The molecule has 1 amide bonds. The second kappa shape index (κ2) is 9.31. The number of hydrogen-bond donors (Lipinski definition) is 2. The number of halogens is 2. The molecule has 1 fully saturated rings.